The number of nitrogens with zero attached hydrogens (tertiary/aromatic N) is 1. The van der Waals surface area contributed by atoms with E-state index in [4.69, 9.17) is 19.7 Å². The van der Waals surface area contributed by atoms with Gasteiger partial charge in [-0.1, -0.05) is 26.8 Å². The minimum absolute atomic E-state index is 0.0213. The summed E-state index contributed by atoms with van der Waals surface area (Å²) in [7, 11) is 1.81. The van der Waals surface area contributed by atoms with Crippen LogP contribution in [0.25, 0.3) is 0 Å². The number of benzene rings is 1. The number of ether oxygens (including phenoxy) is 3. The Balaban J connectivity index is 1.27. The Hall–Kier alpha value is -1.30. The van der Waals surface area contributed by atoms with Crippen LogP contribution < -0.4 is 9.47 Å². The van der Waals surface area contributed by atoms with Crippen molar-refractivity contribution in [2.24, 2.45) is 28.6 Å². The molecule has 2 aliphatic heterocycles. The molecule has 6 fully saturated rings. The molecule has 1 unspecified atom stereocenters. The molecule has 5 saturated carbocycles. The van der Waals surface area contributed by atoms with E-state index in [0.717, 1.165) is 50.3 Å². The first-order chi connectivity index (χ1) is 19.6. The lowest BCUT2D eigenvalue weighted by Gasteiger charge is -2.75. The first kappa shape index (κ1) is 20.6. The van der Waals surface area contributed by atoms with Crippen LogP contribution in [0.5, 0.6) is 11.5 Å². The summed E-state index contributed by atoms with van der Waals surface area (Å²) in [6, 6.07) is 4.56. The van der Waals surface area contributed by atoms with E-state index < -0.39 is 29.9 Å². The van der Waals surface area contributed by atoms with Crippen molar-refractivity contribution >= 4 is 0 Å². The SMILES string of the molecule is [2H]C1([2H])C(COc2ccc3c4c2O[C@H]2[C@@]5(OC)CC[C@@]6(C[C@@H]5C(C)(O)C(C)(C)C)[C@@H](C3)N(CC3CC3)CC[C@]426)C1([2H])[2H]. The summed E-state index contributed by atoms with van der Waals surface area (Å²) in [5, 5.41) is 12.4. The minimum Gasteiger partial charge on any atom is -0.489 e. The Kier molecular flexibility index (Phi) is 4.06. The van der Waals surface area contributed by atoms with E-state index in [2.05, 4.69) is 31.7 Å². The number of hydrogen-bond acceptors (Lipinski definition) is 5. The Morgan fingerprint density at radius 3 is 2.61 bits per heavy atom. The molecule has 5 nitrogen and oxygen atoms in total. The highest BCUT2D eigenvalue weighted by Crippen LogP contribution is 2.78. The molecule has 5 heteroatoms. The van der Waals surface area contributed by atoms with E-state index in [-0.39, 0.29) is 34.9 Å². The summed E-state index contributed by atoms with van der Waals surface area (Å²) in [5.41, 5.74) is 0.326. The normalized spacial score (nSPS) is 46.6. The molecule has 38 heavy (non-hydrogen) atoms. The number of likely N-dealkylation sites (tertiary alicyclic amines) is 1. The number of fused-ring (bicyclic) bond motifs is 2. The number of aliphatic hydroxyl groups is 1. The Morgan fingerprint density at radius 1 is 1.13 bits per heavy atom. The highest BCUT2D eigenvalue weighted by Gasteiger charge is 2.82. The van der Waals surface area contributed by atoms with Crippen molar-refractivity contribution in [2.45, 2.75) is 114 Å². The van der Waals surface area contributed by atoms with Crippen molar-refractivity contribution in [3.63, 3.8) is 0 Å². The number of hydrogen-bond donors (Lipinski definition) is 1. The van der Waals surface area contributed by atoms with E-state index in [9.17, 15) is 5.11 Å². The van der Waals surface area contributed by atoms with Gasteiger partial charge in [0, 0.05) is 47.5 Å². The Labute approximate surface area is 234 Å². The molecule has 0 radical (unpaired) electrons. The van der Waals surface area contributed by atoms with Gasteiger partial charge in [-0.15, -0.1) is 0 Å². The molecule has 0 amide bonds. The maximum Gasteiger partial charge on any atom is 0.165 e. The van der Waals surface area contributed by atoms with Crippen molar-refractivity contribution in [3.8, 4) is 11.5 Å². The quantitative estimate of drug-likeness (QED) is 0.510. The van der Waals surface area contributed by atoms with Crippen LogP contribution in [-0.4, -0.2) is 60.2 Å². The van der Waals surface area contributed by atoms with Gasteiger partial charge in [0.2, 0.25) is 0 Å². The van der Waals surface area contributed by atoms with Crippen LogP contribution in [0.2, 0.25) is 0 Å². The second kappa shape index (κ2) is 7.50. The van der Waals surface area contributed by atoms with Gasteiger partial charge < -0.3 is 19.3 Å². The third-order valence-corrected chi connectivity index (χ3v) is 12.6. The van der Waals surface area contributed by atoms with Crippen molar-refractivity contribution in [1.82, 2.24) is 4.90 Å². The summed E-state index contributed by atoms with van der Waals surface area (Å²) < 4.78 is 52.4. The lowest BCUT2D eigenvalue weighted by Crippen LogP contribution is -2.83. The summed E-state index contributed by atoms with van der Waals surface area (Å²) in [6.45, 7) is 10.6. The molecule has 1 saturated heterocycles. The third kappa shape index (κ3) is 2.84. The van der Waals surface area contributed by atoms with Gasteiger partial charge in [0.25, 0.3) is 0 Å². The predicted octanol–water partition coefficient (Wildman–Crippen LogP) is 5.50. The highest BCUT2D eigenvalue weighted by atomic mass is 16.6. The fourth-order valence-corrected chi connectivity index (χ4v) is 10.00. The zero-order valence-corrected chi connectivity index (χ0v) is 23.7. The van der Waals surface area contributed by atoms with Crippen LogP contribution in [0.3, 0.4) is 0 Å². The Morgan fingerprint density at radius 2 is 1.92 bits per heavy atom. The average molecular weight is 526 g/mol. The van der Waals surface area contributed by atoms with Gasteiger partial charge in [0.1, 0.15) is 11.7 Å². The molecule has 4 bridgehead atoms. The zero-order chi connectivity index (χ0) is 29.9. The number of rotatable bonds is 7. The number of methoxy groups -OCH3 is 1. The van der Waals surface area contributed by atoms with E-state index in [1.54, 1.807) is 0 Å². The van der Waals surface area contributed by atoms with Gasteiger partial charge >= 0.3 is 0 Å². The van der Waals surface area contributed by atoms with E-state index >= 15 is 0 Å². The molecule has 1 aromatic rings. The fourth-order valence-electron chi connectivity index (χ4n) is 10.00. The van der Waals surface area contributed by atoms with E-state index in [1.165, 1.54) is 30.5 Å². The molecule has 9 rings (SSSR count). The second-order valence-electron chi connectivity index (χ2n) is 14.9. The summed E-state index contributed by atoms with van der Waals surface area (Å²) >= 11 is 0. The molecule has 0 aromatic heterocycles. The van der Waals surface area contributed by atoms with Crippen LogP contribution in [0.1, 0.15) is 95.6 Å². The van der Waals surface area contributed by atoms with Gasteiger partial charge in [-0.3, -0.25) is 4.90 Å². The van der Waals surface area contributed by atoms with Gasteiger partial charge in [0.15, 0.2) is 11.5 Å². The molecule has 2 spiro atoms. The lowest BCUT2D eigenvalue weighted by atomic mass is 9.33. The van der Waals surface area contributed by atoms with Crippen LogP contribution >= 0.6 is 0 Å². The molecule has 1 N–H and O–H groups in total. The molecular formula is C33H47NO4. The van der Waals surface area contributed by atoms with Gasteiger partial charge in [-0.2, -0.15) is 0 Å². The minimum atomic E-state index is -1.88. The summed E-state index contributed by atoms with van der Waals surface area (Å²) in [6.07, 6.45) is 3.41. The van der Waals surface area contributed by atoms with Gasteiger partial charge in [-0.25, -0.2) is 0 Å². The standard InChI is InChI=1S/C33H47NO4/c1-29(2,3)30(4,35)24-17-31-12-13-33(24,36-5)28-32(31)14-15-34(18-20-6-7-20)25(31)16-22-10-11-23(27(38-28)26(22)32)37-19-21-8-9-21/h10-11,20-21,24-25,28,35H,6-9,12-19H2,1-5H3/t24-,25-,28-,30?,31-,32+,33-/m1/s1/i8D2,9D2. The number of piperidine rings is 1. The van der Waals surface area contributed by atoms with Crippen molar-refractivity contribution in [3.05, 3.63) is 23.3 Å². The smallest absolute Gasteiger partial charge is 0.165 e. The van der Waals surface area contributed by atoms with Gasteiger partial charge in [0.05, 0.1) is 12.2 Å². The fraction of sp³-hybridized carbons (Fsp3) is 0.818. The van der Waals surface area contributed by atoms with Crippen molar-refractivity contribution in [2.75, 3.05) is 26.8 Å². The van der Waals surface area contributed by atoms with Crippen LogP contribution in [0.15, 0.2) is 12.1 Å². The highest BCUT2D eigenvalue weighted by molar-refractivity contribution is 5.63. The predicted molar refractivity (Wildman–Crippen MR) is 147 cm³/mol. The average Bonchev–Trinajstić information content (AvgIpc) is 3.75. The van der Waals surface area contributed by atoms with Crippen molar-refractivity contribution < 1.29 is 24.8 Å². The summed E-state index contributed by atoms with van der Waals surface area (Å²) in [5.74, 6) is 1.26. The van der Waals surface area contributed by atoms with Crippen LogP contribution in [0.4, 0.5) is 0 Å². The van der Waals surface area contributed by atoms with Crippen molar-refractivity contribution in [1.29, 1.82) is 0 Å². The molecule has 2 heterocycles. The van der Waals surface area contributed by atoms with E-state index in [1.807, 2.05) is 20.1 Å². The maximum atomic E-state index is 12.4. The monoisotopic (exact) mass is 525 g/mol. The molecule has 1 aromatic carbocycles. The molecule has 7 atom stereocenters. The molecule has 208 valence electrons. The Bertz CT molecular complexity index is 1330. The lowest BCUT2D eigenvalue weighted by molar-refractivity contribution is -0.312. The first-order valence-electron chi connectivity index (χ1n) is 17.1. The third-order valence-electron chi connectivity index (χ3n) is 12.6. The molecule has 6 aliphatic carbocycles. The maximum absolute atomic E-state index is 12.4. The molecule has 8 aliphatic rings. The topological polar surface area (TPSA) is 51.2 Å². The largest absolute Gasteiger partial charge is 0.489 e. The summed E-state index contributed by atoms with van der Waals surface area (Å²) in [4.78, 5) is 2.80. The van der Waals surface area contributed by atoms with E-state index in [0.29, 0.717) is 11.8 Å². The van der Waals surface area contributed by atoms with Crippen LogP contribution in [0, 0.1) is 28.6 Å². The molecular weight excluding hydrogens is 474 g/mol. The second-order valence-corrected chi connectivity index (χ2v) is 14.9. The van der Waals surface area contributed by atoms with Crippen LogP contribution in [-0.2, 0) is 16.6 Å². The van der Waals surface area contributed by atoms with Gasteiger partial charge in [-0.05, 0) is 100 Å². The first-order valence-corrected chi connectivity index (χ1v) is 15.1. The zero-order valence-electron chi connectivity index (χ0n) is 27.7.